The Kier molecular flexibility index (Phi) is 4.99. The Balaban J connectivity index is 1.41. The van der Waals surface area contributed by atoms with Gasteiger partial charge in [-0.05, 0) is 55.7 Å². The monoisotopic (exact) mass is 509 g/mol. The van der Waals surface area contributed by atoms with Crippen LogP contribution in [0.15, 0.2) is 18.5 Å². The summed E-state index contributed by atoms with van der Waals surface area (Å²) in [5, 5.41) is 15.2. The van der Waals surface area contributed by atoms with Crippen molar-refractivity contribution in [1.82, 2.24) is 30.3 Å². The highest BCUT2D eigenvalue weighted by molar-refractivity contribution is 6.13. The molecule has 0 atom stereocenters. The zero-order valence-electron chi connectivity index (χ0n) is 20.2. The number of amides is 1. The van der Waals surface area contributed by atoms with Gasteiger partial charge in [-0.15, -0.1) is 0 Å². The lowest BCUT2D eigenvalue weighted by Crippen LogP contribution is -2.49. The van der Waals surface area contributed by atoms with Crippen molar-refractivity contribution in [2.45, 2.75) is 44.7 Å². The predicted octanol–water partition coefficient (Wildman–Crippen LogP) is 4.46. The summed E-state index contributed by atoms with van der Waals surface area (Å²) >= 11 is 0. The second kappa shape index (κ2) is 8.19. The summed E-state index contributed by atoms with van der Waals surface area (Å²) in [6.45, 7) is 2.52. The summed E-state index contributed by atoms with van der Waals surface area (Å²) in [6, 6.07) is 2.00. The molecule has 4 heterocycles. The average molecular weight is 510 g/mol. The van der Waals surface area contributed by atoms with E-state index in [-0.39, 0.29) is 17.4 Å². The number of benzene rings is 1. The number of carbonyl (C=O) groups excluding carboxylic acids is 1. The number of piperazine rings is 1. The molecule has 2 aliphatic carbocycles. The molecular formula is C26H26F3N7O. The molecule has 2 N–H and O–H groups in total. The molecule has 11 heteroatoms. The van der Waals surface area contributed by atoms with Crippen LogP contribution in [0.2, 0.25) is 0 Å². The van der Waals surface area contributed by atoms with Gasteiger partial charge in [-0.3, -0.25) is 15.0 Å². The van der Waals surface area contributed by atoms with Gasteiger partial charge < -0.3 is 9.80 Å². The molecule has 3 aliphatic rings. The van der Waals surface area contributed by atoms with Crippen LogP contribution in [0, 0.1) is 5.92 Å². The van der Waals surface area contributed by atoms with E-state index in [9.17, 15) is 18.0 Å². The molecule has 2 fully saturated rings. The van der Waals surface area contributed by atoms with Crippen LogP contribution in [-0.2, 0) is 23.8 Å². The number of hydrogen-bond donors (Lipinski definition) is 2. The van der Waals surface area contributed by atoms with Crippen molar-refractivity contribution >= 4 is 33.4 Å². The fraction of sp³-hybridized carbons (Fsp3) is 0.462. The van der Waals surface area contributed by atoms with Crippen molar-refractivity contribution in [3.05, 3.63) is 35.3 Å². The van der Waals surface area contributed by atoms with E-state index in [1.165, 1.54) is 6.20 Å². The van der Waals surface area contributed by atoms with Crippen LogP contribution in [0.25, 0.3) is 33.1 Å². The van der Waals surface area contributed by atoms with Crippen LogP contribution < -0.4 is 4.90 Å². The molecule has 0 unspecified atom stereocenters. The lowest BCUT2D eigenvalue weighted by Gasteiger charge is -2.37. The minimum atomic E-state index is -4.59. The highest BCUT2D eigenvalue weighted by Crippen LogP contribution is 2.44. The molecule has 4 aromatic rings. The number of rotatable bonds is 3. The van der Waals surface area contributed by atoms with E-state index in [0.29, 0.717) is 43.8 Å². The van der Waals surface area contributed by atoms with Crippen molar-refractivity contribution in [1.29, 1.82) is 0 Å². The molecule has 8 nitrogen and oxygen atoms in total. The molecule has 1 saturated heterocycles. The maximum absolute atomic E-state index is 13.9. The zero-order valence-corrected chi connectivity index (χ0v) is 20.2. The number of aryl methyl sites for hydroxylation is 1. The number of alkyl halides is 3. The molecule has 192 valence electrons. The minimum Gasteiger partial charge on any atom is -0.366 e. The van der Waals surface area contributed by atoms with E-state index >= 15 is 0 Å². The van der Waals surface area contributed by atoms with Crippen LogP contribution in [0.1, 0.15) is 42.5 Å². The molecule has 1 aromatic carbocycles. The summed E-state index contributed by atoms with van der Waals surface area (Å²) in [5.41, 5.74) is 3.74. The third kappa shape index (κ3) is 3.66. The molecule has 0 radical (unpaired) electrons. The Bertz CT molecular complexity index is 1530. The molecular weight excluding hydrogens is 483 g/mol. The zero-order chi connectivity index (χ0) is 25.3. The minimum absolute atomic E-state index is 0.00867. The van der Waals surface area contributed by atoms with Crippen molar-refractivity contribution in [2.75, 3.05) is 31.1 Å². The Morgan fingerprint density at radius 2 is 1.81 bits per heavy atom. The summed E-state index contributed by atoms with van der Waals surface area (Å²) < 4.78 is 41.6. The van der Waals surface area contributed by atoms with Crippen LogP contribution in [-0.4, -0.2) is 62.4 Å². The lowest BCUT2D eigenvalue weighted by atomic mass is 9.85. The second-order valence-corrected chi connectivity index (χ2v) is 10.3. The Labute approximate surface area is 210 Å². The number of H-pyrrole nitrogens is 2. The fourth-order valence-corrected chi connectivity index (χ4v) is 6.01. The maximum atomic E-state index is 13.9. The van der Waals surface area contributed by atoms with Gasteiger partial charge in [0.05, 0.1) is 34.2 Å². The average Bonchev–Trinajstić information content (AvgIpc) is 3.42. The second-order valence-electron chi connectivity index (χ2n) is 10.3. The Morgan fingerprint density at radius 3 is 2.54 bits per heavy atom. The number of hydrogen-bond acceptors (Lipinski definition) is 5. The van der Waals surface area contributed by atoms with Gasteiger partial charge in [0.1, 0.15) is 0 Å². The quantitative estimate of drug-likeness (QED) is 0.426. The van der Waals surface area contributed by atoms with Gasteiger partial charge in [0.25, 0.3) is 0 Å². The van der Waals surface area contributed by atoms with Gasteiger partial charge in [-0.25, -0.2) is 4.98 Å². The smallest absolute Gasteiger partial charge is 0.366 e. The lowest BCUT2D eigenvalue weighted by molar-refractivity contribution is -0.140. The number of carbonyl (C=O) groups is 1. The van der Waals surface area contributed by atoms with Crippen LogP contribution in [0.3, 0.4) is 0 Å². The van der Waals surface area contributed by atoms with Crippen molar-refractivity contribution in [2.24, 2.45) is 5.92 Å². The first-order chi connectivity index (χ1) is 17.9. The number of anilines is 1. The number of halogens is 3. The predicted molar refractivity (Wildman–Crippen MR) is 132 cm³/mol. The van der Waals surface area contributed by atoms with Crippen LogP contribution in [0.5, 0.6) is 0 Å². The van der Waals surface area contributed by atoms with Gasteiger partial charge in [-0.2, -0.15) is 23.4 Å². The highest BCUT2D eigenvalue weighted by Gasteiger charge is 2.39. The molecule has 1 amide bonds. The summed E-state index contributed by atoms with van der Waals surface area (Å²) in [7, 11) is 0. The SMILES string of the molecule is O=C(C1CC1)N1CCN(c2cc3[nH]ncc3c3c4c(c(-c5c[nH]nc5C(F)(F)F)nc23)CCCC4)CC1. The maximum Gasteiger partial charge on any atom is 0.435 e. The molecule has 3 aromatic heterocycles. The van der Waals surface area contributed by atoms with E-state index in [1.54, 1.807) is 6.20 Å². The van der Waals surface area contributed by atoms with Gasteiger partial charge >= 0.3 is 6.18 Å². The summed E-state index contributed by atoms with van der Waals surface area (Å²) in [6.07, 6.45) is 3.77. The molecule has 7 rings (SSSR count). The van der Waals surface area contributed by atoms with Crippen molar-refractivity contribution in [3.63, 3.8) is 0 Å². The molecule has 37 heavy (non-hydrogen) atoms. The molecule has 0 spiro atoms. The van der Waals surface area contributed by atoms with Crippen molar-refractivity contribution in [3.8, 4) is 11.3 Å². The van der Waals surface area contributed by atoms with E-state index in [4.69, 9.17) is 4.98 Å². The Hall–Kier alpha value is -3.63. The molecule has 1 aliphatic heterocycles. The largest absolute Gasteiger partial charge is 0.435 e. The number of aromatic nitrogens is 5. The topological polar surface area (TPSA) is 93.8 Å². The van der Waals surface area contributed by atoms with E-state index < -0.39 is 11.9 Å². The van der Waals surface area contributed by atoms with Gasteiger partial charge in [0.15, 0.2) is 5.69 Å². The highest BCUT2D eigenvalue weighted by atomic mass is 19.4. The van der Waals surface area contributed by atoms with Gasteiger partial charge in [0.2, 0.25) is 5.91 Å². The molecule has 0 bridgehead atoms. The number of aromatic amines is 2. The van der Waals surface area contributed by atoms with Crippen LogP contribution in [0.4, 0.5) is 18.9 Å². The fourth-order valence-electron chi connectivity index (χ4n) is 6.01. The normalized spacial score (nSPS) is 18.6. The van der Waals surface area contributed by atoms with Crippen LogP contribution >= 0.6 is 0 Å². The molecule has 1 saturated carbocycles. The van der Waals surface area contributed by atoms with E-state index in [1.807, 2.05) is 11.0 Å². The first-order valence-corrected chi connectivity index (χ1v) is 12.9. The van der Waals surface area contributed by atoms with Crippen molar-refractivity contribution < 1.29 is 18.0 Å². The van der Waals surface area contributed by atoms with E-state index in [2.05, 4.69) is 25.3 Å². The number of nitrogens with zero attached hydrogens (tertiary/aromatic N) is 5. The first kappa shape index (κ1) is 22.6. The third-order valence-electron chi connectivity index (χ3n) is 8.00. The standard InChI is InChI=1S/C26H26F3N7O/c27-26(28,29)24-18(13-31-34-24)22-16-4-2-1-3-15(16)21-17-12-30-33-19(17)11-20(23(21)32-22)35-7-9-36(10-8-35)25(37)14-5-6-14/h11-14H,1-10H2,(H,30,33)(H,31,34). The van der Waals surface area contributed by atoms with Gasteiger partial charge in [-0.1, -0.05) is 0 Å². The van der Waals surface area contributed by atoms with Gasteiger partial charge in [0, 0.05) is 49.1 Å². The summed E-state index contributed by atoms with van der Waals surface area (Å²) in [5.74, 6) is 0.421. The number of nitrogens with one attached hydrogen (secondary N) is 2. The number of fused-ring (bicyclic) bond motifs is 5. The summed E-state index contributed by atoms with van der Waals surface area (Å²) in [4.78, 5) is 21.7. The first-order valence-electron chi connectivity index (χ1n) is 12.9. The Morgan fingerprint density at radius 1 is 1.05 bits per heavy atom. The van der Waals surface area contributed by atoms with E-state index in [0.717, 1.165) is 65.2 Å². The number of pyridine rings is 1. The third-order valence-corrected chi connectivity index (χ3v) is 8.00.